The van der Waals surface area contributed by atoms with E-state index in [9.17, 15) is 0 Å². The van der Waals surface area contributed by atoms with Gasteiger partial charge in [0, 0.05) is 43.5 Å². The van der Waals surface area contributed by atoms with Crippen molar-refractivity contribution in [1.29, 1.82) is 0 Å². The molecular weight excluding hydrogens is 274 g/mol. The van der Waals surface area contributed by atoms with Gasteiger partial charge in [0.1, 0.15) is 5.82 Å². The molecular formula is C18H21N3O. The number of ether oxygens (including phenoxy) is 1. The molecule has 4 nitrogen and oxygen atoms in total. The maximum atomic E-state index is 5.86. The van der Waals surface area contributed by atoms with Gasteiger partial charge >= 0.3 is 0 Å². The molecule has 0 amide bonds. The van der Waals surface area contributed by atoms with Crippen molar-refractivity contribution < 1.29 is 4.74 Å². The van der Waals surface area contributed by atoms with Crippen LogP contribution in [0.5, 0.6) is 0 Å². The highest BCUT2D eigenvalue weighted by molar-refractivity contribution is 5.44. The second-order valence-corrected chi connectivity index (χ2v) is 7.16. The lowest BCUT2D eigenvalue weighted by atomic mass is 10.0. The van der Waals surface area contributed by atoms with Crippen LogP contribution in [-0.4, -0.2) is 53.3 Å². The average molecular weight is 295 g/mol. The lowest BCUT2D eigenvalue weighted by Crippen LogP contribution is -2.59. The molecule has 114 valence electrons. The van der Waals surface area contributed by atoms with Crippen molar-refractivity contribution in [2.24, 2.45) is 0 Å². The number of hydrogen-bond donors (Lipinski definition) is 0. The first-order valence-corrected chi connectivity index (χ1v) is 8.38. The number of pyridine rings is 1. The Kier molecular flexibility index (Phi) is 2.62. The first kappa shape index (κ1) is 12.9. The minimum absolute atomic E-state index is 0.401. The fourth-order valence-corrected chi connectivity index (χ4v) is 4.99. The lowest BCUT2D eigenvalue weighted by Gasteiger charge is -2.45. The minimum atomic E-state index is 0.401. The summed E-state index contributed by atoms with van der Waals surface area (Å²) in [5, 5.41) is 0. The van der Waals surface area contributed by atoms with E-state index in [-0.39, 0.29) is 0 Å². The van der Waals surface area contributed by atoms with Gasteiger partial charge in [-0.3, -0.25) is 4.90 Å². The second-order valence-electron chi connectivity index (χ2n) is 7.16. The van der Waals surface area contributed by atoms with Gasteiger partial charge in [-0.05, 0) is 37.8 Å². The molecule has 0 N–H and O–H groups in total. The van der Waals surface area contributed by atoms with Crippen LogP contribution in [0.1, 0.15) is 31.2 Å². The molecule has 0 radical (unpaired) electrons. The third kappa shape index (κ3) is 1.70. The minimum Gasteiger partial charge on any atom is -0.376 e. The Hall–Kier alpha value is -1.57. The van der Waals surface area contributed by atoms with Gasteiger partial charge < -0.3 is 9.64 Å². The maximum Gasteiger partial charge on any atom is 0.128 e. The summed E-state index contributed by atoms with van der Waals surface area (Å²) in [6.07, 6.45) is 12.9. The van der Waals surface area contributed by atoms with Crippen molar-refractivity contribution >= 4 is 5.82 Å². The number of anilines is 1. The molecule has 22 heavy (non-hydrogen) atoms. The topological polar surface area (TPSA) is 28.6 Å². The zero-order valence-corrected chi connectivity index (χ0v) is 12.7. The monoisotopic (exact) mass is 295 g/mol. The van der Waals surface area contributed by atoms with E-state index < -0.39 is 0 Å². The highest BCUT2D eigenvalue weighted by Crippen LogP contribution is 2.56. The Morgan fingerprint density at radius 1 is 1.27 bits per heavy atom. The molecule has 3 aliphatic heterocycles. The van der Waals surface area contributed by atoms with Gasteiger partial charge in [-0.1, -0.05) is 5.92 Å². The van der Waals surface area contributed by atoms with E-state index in [0.717, 1.165) is 31.1 Å². The van der Waals surface area contributed by atoms with Crippen LogP contribution < -0.4 is 4.90 Å². The molecule has 3 saturated heterocycles. The molecule has 1 aromatic heterocycles. The van der Waals surface area contributed by atoms with Gasteiger partial charge in [-0.15, -0.1) is 6.42 Å². The first-order valence-electron chi connectivity index (χ1n) is 8.38. The smallest absolute Gasteiger partial charge is 0.128 e. The molecule has 5 rings (SSSR count). The summed E-state index contributed by atoms with van der Waals surface area (Å²) in [6.45, 7) is 3.14. The zero-order chi connectivity index (χ0) is 14.7. The van der Waals surface area contributed by atoms with Crippen LogP contribution in [0.15, 0.2) is 18.3 Å². The van der Waals surface area contributed by atoms with Gasteiger partial charge in [0.2, 0.25) is 0 Å². The van der Waals surface area contributed by atoms with Gasteiger partial charge in [0.15, 0.2) is 0 Å². The van der Waals surface area contributed by atoms with Crippen LogP contribution >= 0.6 is 0 Å². The quantitative estimate of drug-likeness (QED) is 0.776. The number of fused-ring (bicyclic) bond motifs is 4. The van der Waals surface area contributed by atoms with Crippen LogP contribution in [0.3, 0.4) is 0 Å². The van der Waals surface area contributed by atoms with Crippen LogP contribution in [0, 0.1) is 12.3 Å². The van der Waals surface area contributed by atoms with Crippen molar-refractivity contribution in [3.05, 3.63) is 23.9 Å². The van der Waals surface area contributed by atoms with E-state index in [4.69, 9.17) is 11.2 Å². The number of rotatable bonds is 2. The zero-order valence-electron chi connectivity index (χ0n) is 12.7. The van der Waals surface area contributed by atoms with Crippen molar-refractivity contribution in [3.63, 3.8) is 0 Å². The molecule has 1 aromatic rings. The SMILES string of the molecule is C#Cc1ccc(N2CC3CCC(C2)N3C23CCOC2C3)nc1. The summed E-state index contributed by atoms with van der Waals surface area (Å²) in [4.78, 5) is 9.84. The van der Waals surface area contributed by atoms with Gasteiger partial charge in [-0.25, -0.2) is 4.98 Å². The normalized spacial score (nSPS) is 39.6. The molecule has 1 aliphatic carbocycles. The van der Waals surface area contributed by atoms with E-state index in [1.807, 2.05) is 12.3 Å². The number of terminal acetylenes is 1. The van der Waals surface area contributed by atoms with Crippen LogP contribution in [0.2, 0.25) is 0 Å². The standard InChI is InChI=1S/C18H21N3O/c1-2-13-3-6-17(19-10-13)20-11-14-4-5-15(12-20)21(14)18-7-8-22-16(18)9-18/h1,3,6,10,14-16H,4-5,7-9,11-12H2. The Morgan fingerprint density at radius 2 is 2.09 bits per heavy atom. The second kappa shape index (κ2) is 4.47. The van der Waals surface area contributed by atoms with E-state index in [1.165, 1.54) is 25.7 Å². The third-order valence-electron chi connectivity index (χ3n) is 6.07. The fourth-order valence-electron chi connectivity index (χ4n) is 4.99. The van der Waals surface area contributed by atoms with E-state index in [2.05, 4.69) is 26.8 Å². The average Bonchev–Trinajstić information content (AvgIpc) is 3.00. The van der Waals surface area contributed by atoms with Crippen LogP contribution in [-0.2, 0) is 4.74 Å². The van der Waals surface area contributed by atoms with E-state index in [0.29, 0.717) is 23.7 Å². The number of piperazine rings is 1. The summed E-state index contributed by atoms with van der Waals surface area (Å²) in [5.41, 5.74) is 1.26. The summed E-state index contributed by atoms with van der Waals surface area (Å²) < 4.78 is 5.86. The molecule has 4 fully saturated rings. The number of aromatic nitrogens is 1. The van der Waals surface area contributed by atoms with Crippen molar-refractivity contribution in [2.45, 2.75) is 49.4 Å². The third-order valence-corrected chi connectivity index (χ3v) is 6.07. The van der Waals surface area contributed by atoms with Crippen molar-refractivity contribution in [1.82, 2.24) is 9.88 Å². The van der Waals surface area contributed by atoms with Gasteiger partial charge in [0.05, 0.1) is 11.6 Å². The predicted octanol–water partition coefficient (Wildman–Crippen LogP) is 1.65. The Bertz CT molecular complexity index is 623. The predicted molar refractivity (Wildman–Crippen MR) is 84.7 cm³/mol. The maximum absolute atomic E-state index is 5.86. The highest BCUT2D eigenvalue weighted by Gasteiger charge is 2.66. The molecule has 4 atom stereocenters. The van der Waals surface area contributed by atoms with Crippen molar-refractivity contribution in [3.8, 4) is 12.3 Å². The van der Waals surface area contributed by atoms with Crippen LogP contribution in [0.4, 0.5) is 5.82 Å². The summed E-state index contributed by atoms with van der Waals surface area (Å²) in [5.74, 6) is 3.71. The highest BCUT2D eigenvalue weighted by atomic mass is 16.5. The molecule has 0 spiro atoms. The van der Waals surface area contributed by atoms with Gasteiger partial charge in [0.25, 0.3) is 0 Å². The molecule has 0 aromatic carbocycles. The molecule has 4 heteroatoms. The molecule has 4 heterocycles. The number of nitrogens with zero attached hydrogens (tertiary/aromatic N) is 3. The first-order chi connectivity index (χ1) is 10.8. The lowest BCUT2D eigenvalue weighted by molar-refractivity contribution is 0.0853. The molecule has 2 bridgehead atoms. The molecule has 1 saturated carbocycles. The van der Waals surface area contributed by atoms with Crippen LogP contribution in [0.25, 0.3) is 0 Å². The summed E-state index contributed by atoms with van der Waals surface area (Å²) in [7, 11) is 0. The Labute approximate surface area is 131 Å². The Balaban J connectivity index is 1.37. The Morgan fingerprint density at radius 3 is 2.64 bits per heavy atom. The molecule has 4 unspecified atom stereocenters. The van der Waals surface area contributed by atoms with E-state index in [1.54, 1.807) is 0 Å². The largest absolute Gasteiger partial charge is 0.376 e. The summed E-state index contributed by atoms with van der Waals surface area (Å²) in [6, 6.07) is 5.40. The van der Waals surface area contributed by atoms with Crippen molar-refractivity contribution in [2.75, 3.05) is 24.6 Å². The number of hydrogen-bond acceptors (Lipinski definition) is 4. The molecule has 4 aliphatic rings. The van der Waals surface area contributed by atoms with E-state index >= 15 is 0 Å². The van der Waals surface area contributed by atoms with Gasteiger partial charge in [-0.2, -0.15) is 0 Å². The fraction of sp³-hybridized carbons (Fsp3) is 0.611. The summed E-state index contributed by atoms with van der Waals surface area (Å²) >= 11 is 0.